The van der Waals surface area contributed by atoms with Crippen LogP contribution in [0.15, 0.2) is 0 Å². The van der Waals surface area contributed by atoms with Gasteiger partial charge in [-0.3, -0.25) is 4.79 Å². The van der Waals surface area contributed by atoms with Crippen molar-refractivity contribution in [2.45, 2.75) is 31.5 Å². The summed E-state index contributed by atoms with van der Waals surface area (Å²) in [6, 6.07) is -0.178. The monoisotopic (exact) mass is 216 g/mol. The predicted octanol–water partition coefficient (Wildman–Crippen LogP) is -1.50. The molecule has 0 aromatic rings. The van der Waals surface area contributed by atoms with Gasteiger partial charge in [0.25, 0.3) is 0 Å². The number of carbonyl (C=O) groups is 1. The molecule has 4 unspecified atom stereocenters. The van der Waals surface area contributed by atoms with Gasteiger partial charge in [0.1, 0.15) is 12.3 Å². The van der Waals surface area contributed by atoms with Gasteiger partial charge in [0.15, 0.2) is 6.23 Å². The van der Waals surface area contributed by atoms with Crippen LogP contribution < -0.4 is 5.32 Å². The van der Waals surface area contributed by atoms with E-state index in [-0.39, 0.29) is 24.3 Å². The standard InChI is InChI=1S/C9H16N2O4/c1-5(9(13)14-2)10-3-6-4-15-8-7(12)11(6)8/h5-8,10,12H,3-4H2,1-2H3/t5-,6?,7?,8?,11?/m0/s1. The molecule has 2 heterocycles. The lowest BCUT2D eigenvalue weighted by Crippen LogP contribution is -2.42. The van der Waals surface area contributed by atoms with E-state index in [1.54, 1.807) is 6.92 Å². The van der Waals surface area contributed by atoms with Crippen molar-refractivity contribution in [2.75, 3.05) is 20.3 Å². The summed E-state index contributed by atoms with van der Waals surface area (Å²) in [4.78, 5) is 13.0. The molecule has 0 aliphatic carbocycles. The van der Waals surface area contributed by atoms with E-state index in [0.717, 1.165) is 0 Å². The maximum absolute atomic E-state index is 11.1. The van der Waals surface area contributed by atoms with Crippen LogP contribution in [0.3, 0.4) is 0 Å². The van der Waals surface area contributed by atoms with Crippen molar-refractivity contribution in [2.24, 2.45) is 0 Å². The minimum absolute atomic E-state index is 0.120. The highest BCUT2D eigenvalue weighted by molar-refractivity contribution is 5.75. The second-order valence-electron chi connectivity index (χ2n) is 3.89. The lowest BCUT2D eigenvalue weighted by Gasteiger charge is -2.16. The number of aliphatic hydroxyl groups excluding tert-OH is 1. The van der Waals surface area contributed by atoms with Crippen LogP contribution in [-0.2, 0) is 14.3 Å². The van der Waals surface area contributed by atoms with Gasteiger partial charge < -0.3 is 19.9 Å². The van der Waals surface area contributed by atoms with Crippen LogP contribution in [0.1, 0.15) is 6.92 Å². The van der Waals surface area contributed by atoms with E-state index in [4.69, 9.17) is 4.74 Å². The molecular formula is C9H16N2O4. The highest BCUT2D eigenvalue weighted by Gasteiger charge is 2.56. The van der Waals surface area contributed by atoms with Gasteiger partial charge in [-0.15, -0.1) is 0 Å². The molecule has 2 N–H and O–H groups in total. The normalized spacial score (nSPS) is 39.7. The highest BCUT2D eigenvalue weighted by Crippen LogP contribution is 2.35. The van der Waals surface area contributed by atoms with Crippen molar-refractivity contribution < 1.29 is 19.4 Å². The lowest BCUT2D eigenvalue weighted by molar-refractivity contribution is -0.142. The number of aliphatic hydroxyl groups is 1. The Labute approximate surface area is 88.1 Å². The number of fused-ring (bicyclic) bond motifs is 1. The Hall–Kier alpha value is -0.690. The molecule has 15 heavy (non-hydrogen) atoms. The summed E-state index contributed by atoms with van der Waals surface area (Å²) in [5.74, 6) is -0.281. The van der Waals surface area contributed by atoms with Gasteiger partial charge in [-0.1, -0.05) is 0 Å². The largest absolute Gasteiger partial charge is 0.468 e. The second kappa shape index (κ2) is 4.05. The minimum atomic E-state index is -0.459. The van der Waals surface area contributed by atoms with E-state index < -0.39 is 6.23 Å². The molecule has 0 aromatic carbocycles. The molecule has 86 valence electrons. The molecule has 0 spiro atoms. The van der Waals surface area contributed by atoms with Crippen LogP contribution in [0.25, 0.3) is 0 Å². The first-order chi connectivity index (χ1) is 7.15. The summed E-state index contributed by atoms with van der Waals surface area (Å²) in [6.07, 6.45) is -0.579. The predicted molar refractivity (Wildman–Crippen MR) is 50.9 cm³/mol. The zero-order chi connectivity index (χ0) is 11.0. The third-order valence-electron chi connectivity index (χ3n) is 2.86. The van der Waals surface area contributed by atoms with E-state index >= 15 is 0 Å². The molecule has 0 saturated carbocycles. The van der Waals surface area contributed by atoms with Gasteiger partial charge in [0, 0.05) is 6.54 Å². The van der Waals surface area contributed by atoms with Crippen LogP contribution >= 0.6 is 0 Å². The first-order valence-corrected chi connectivity index (χ1v) is 5.03. The van der Waals surface area contributed by atoms with Crippen LogP contribution in [-0.4, -0.2) is 60.8 Å². The average Bonchev–Trinajstić information content (AvgIpc) is 2.72. The Morgan fingerprint density at radius 2 is 2.53 bits per heavy atom. The summed E-state index contributed by atoms with van der Waals surface area (Å²) < 4.78 is 9.88. The zero-order valence-corrected chi connectivity index (χ0v) is 8.84. The molecular weight excluding hydrogens is 200 g/mol. The summed E-state index contributed by atoms with van der Waals surface area (Å²) in [5.41, 5.74) is 0. The van der Waals surface area contributed by atoms with Crippen molar-refractivity contribution in [3.8, 4) is 0 Å². The number of hydrogen-bond donors (Lipinski definition) is 2. The summed E-state index contributed by atoms with van der Waals surface area (Å²) in [7, 11) is 1.36. The Balaban J connectivity index is 1.72. The van der Waals surface area contributed by atoms with Crippen molar-refractivity contribution in [1.82, 2.24) is 10.2 Å². The van der Waals surface area contributed by atoms with Gasteiger partial charge in [-0.25, -0.2) is 4.90 Å². The van der Waals surface area contributed by atoms with Crippen LogP contribution in [0, 0.1) is 0 Å². The Morgan fingerprint density at radius 1 is 1.80 bits per heavy atom. The van der Waals surface area contributed by atoms with E-state index in [1.807, 2.05) is 4.90 Å². The topological polar surface area (TPSA) is 70.8 Å². The van der Waals surface area contributed by atoms with Gasteiger partial charge in [-0.2, -0.15) is 0 Å². The summed E-state index contributed by atoms with van der Waals surface area (Å²) in [6.45, 7) is 2.96. The van der Waals surface area contributed by atoms with Crippen LogP contribution in [0.2, 0.25) is 0 Å². The smallest absolute Gasteiger partial charge is 0.322 e. The number of nitrogens with zero attached hydrogens (tertiary/aromatic N) is 1. The number of methoxy groups -OCH3 is 1. The third kappa shape index (κ3) is 1.98. The maximum atomic E-state index is 11.1. The molecule has 2 rings (SSSR count). The Morgan fingerprint density at radius 3 is 3.07 bits per heavy atom. The SMILES string of the molecule is COC(=O)[C@H](C)NCC1COC2C(O)N12. The molecule has 0 amide bonds. The van der Waals surface area contributed by atoms with Crippen molar-refractivity contribution in [3.63, 3.8) is 0 Å². The Kier molecular flexibility index (Phi) is 2.92. The summed E-state index contributed by atoms with van der Waals surface area (Å²) in [5, 5.41) is 12.4. The fourth-order valence-corrected chi connectivity index (χ4v) is 1.84. The van der Waals surface area contributed by atoms with E-state index in [9.17, 15) is 9.90 Å². The molecule has 2 aliphatic heterocycles. The molecule has 6 heteroatoms. The van der Waals surface area contributed by atoms with Crippen LogP contribution in [0.4, 0.5) is 0 Å². The number of morpholine rings is 1. The zero-order valence-electron chi connectivity index (χ0n) is 8.84. The molecule has 2 aliphatic rings. The minimum Gasteiger partial charge on any atom is -0.468 e. The average molecular weight is 216 g/mol. The lowest BCUT2D eigenvalue weighted by atomic mass is 10.2. The second-order valence-corrected chi connectivity index (χ2v) is 3.89. The number of ether oxygens (including phenoxy) is 2. The highest BCUT2D eigenvalue weighted by atomic mass is 16.6. The van der Waals surface area contributed by atoms with Crippen molar-refractivity contribution in [3.05, 3.63) is 0 Å². The van der Waals surface area contributed by atoms with Gasteiger partial charge in [0.05, 0.1) is 19.8 Å². The quantitative estimate of drug-likeness (QED) is 0.440. The van der Waals surface area contributed by atoms with E-state index in [1.165, 1.54) is 7.11 Å². The van der Waals surface area contributed by atoms with Gasteiger partial charge in [-0.05, 0) is 6.92 Å². The molecule has 5 atom stereocenters. The molecule has 2 saturated heterocycles. The van der Waals surface area contributed by atoms with Gasteiger partial charge in [0.2, 0.25) is 0 Å². The fraction of sp³-hybridized carbons (Fsp3) is 0.889. The van der Waals surface area contributed by atoms with Crippen molar-refractivity contribution >= 4 is 5.97 Å². The maximum Gasteiger partial charge on any atom is 0.322 e. The molecule has 0 radical (unpaired) electrons. The van der Waals surface area contributed by atoms with Crippen molar-refractivity contribution in [1.29, 1.82) is 0 Å². The first kappa shape index (κ1) is 10.8. The third-order valence-corrected chi connectivity index (χ3v) is 2.86. The molecule has 0 bridgehead atoms. The van der Waals surface area contributed by atoms with E-state index in [2.05, 4.69) is 10.1 Å². The first-order valence-electron chi connectivity index (χ1n) is 5.03. The molecule has 6 nitrogen and oxygen atoms in total. The number of carbonyl (C=O) groups excluding carboxylic acids is 1. The summed E-state index contributed by atoms with van der Waals surface area (Å²) >= 11 is 0. The number of rotatable bonds is 4. The fourth-order valence-electron chi connectivity index (χ4n) is 1.84. The van der Waals surface area contributed by atoms with Gasteiger partial charge >= 0.3 is 5.97 Å². The number of hydrogen-bond acceptors (Lipinski definition) is 6. The molecule has 0 aromatic heterocycles. The number of nitrogens with one attached hydrogen (secondary N) is 1. The number of esters is 1. The molecule has 2 fully saturated rings. The Bertz CT molecular complexity index is 260. The van der Waals surface area contributed by atoms with Crippen LogP contribution in [0.5, 0.6) is 0 Å². The van der Waals surface area contributed by atoms with E-state index in [0.29, 0.717) is 13.2 Å².